The van der Waals surface area contributed by atoms with E-state index >= 15 is 0 Å². The Hall–Kier alpha value is -0.870. The minimum atomic E-state index is 0.404. The maximum absolute atomic E-state index is 4.51. The molecule has 100 valence electrons. The summed E-state index contributed by atoms with van der Waals surface area (Å²) < 4.78 is 1.90. The van der Waals surface area contributed by atoms with Crippen molar-refractivity contribution >= 4 is 0 Å². The molecule has 1 aliphatic heterocycles. The Labute approximate surface area is 109 Å². The second kappa shape index (κ2) is 4.67. The average molecular weight is 248 g/mol. The fourth-order valence-corrected chi connectivity index (χ4v) is 3.45. The summed E-state index contributed by atoms with van der Waals surface area (Å²) in [5.41, 5.74) is 1.60. The predicted octanol–water partition coefficient (Wildman–Crippen LogP) is 1.53. The monoisotopic (exact) mass is 248 g/mol. The lowest BCUT2D eigenvalue weighted by atomic mass is 9.92. The molecule has 3 rings (SSSR count). The zero-order chi connectivity index (χ0) is 12.6. The van der Waals surface area contributed by atoms with Gasteiger partial charge >= 0.3 is 0 Å². The van der Waals surface area contributed by atoms with Crippen molar-refractivity contribution in [3.05, 3.63) is 18.0 Å². The first kappa shape index (κ1) is 12.2. The smallest absolute Gasteiger partial charge is 0.0764 e. The van der Waals surface area contributed by atoms with Crippen molar-refractivity contribution in [2.45, 2.75) is 50.7 Å². The first-order valence-corrected chi connectivity index (χ1v) is 7.15. The highest BCUT2D eigenvalue weighted by molar-refractivity contribution is 5.04. The van der Waals surface area contributed by atoms with E-state index < -0.39 is 0 Å². The maximum Gasteiger partial charge on any atom is 0.0764 e. The van der Waals surface area contributed by atoms with Gasteiger partial charge in [0.1, 0.15) is 0 Å². The number of hydrogen-bond acceptors (Lipinski definition) is 3. The SMILES string of the molecule is CC1CNC2(CCCC2)CN1Cc1ccn(C)n1. The molecule has 1 atom stereocenters. The molecule has 1 saturated carbocycles. The van der Waals surface area contributed by atoms with Crippen LogP contribution in [0.5, 0.6) is 0 Å². The van der Waals surface area contributed by atoms with Gasteiger partial charge in [-0.3, -0.25) is 9.58 Å². The fraction of sp³-hybridized carbons (Fsp3) is 0.786. The Morgan fingerprint density at radius 3 is 2.89 bits per heavy atom. The first-order valence-electron chi connectivity index (χ1n) is 7.15. The third-order valence-corrected chi connectivity index (χ3v) is 4.60. The van der Waals surface area contributed by atoms with E-state index in [4.69, 9.17) is 0 Å². The fourth-order valence-electron chi connectivity index (χ4n) is 3.45. The quantitative estimate of drug-likeness (QED) is 0.861. The van der Waals surface area contributed by atoms with Crippen molar-refractivity contribution in [1.29, 1.82) is 0 Å². The van der Waals surface area contributed by atoms with Crippen LogP contribution < -0.4 is 5.32 Å². The zero-order valence-electron chi connectivity index (χ0n) is 11.5. The molecule has 0 aromatic carbocycles. The van der Waals surface area contributed by atoms with Gasteiger partial charge in [0.15, 0.2) is 0 Å². The molecule has 18 heavy (non-hydrogen) atoms. The summed E-state index contributed by atoms with van der Waals surface area (Å²) in [5, 5.41) is 8.31. The molecule has 1 aromatic heterocycles. The van der Waals surface area contributed by atoms with Gasteiger partial charge in [0.2, 0.25) is 0 Å². The molecule has 2 aliphatic rings. The van der Waals surface area contributed by atoms with Gasteiger partial charge in [0.25, 0.3) is 0 Å². The van der Waals surface area contributed by atoms with E-state index in [1.165, 1.54) is 37.9 Å². The number of aryl methyl sites for hydroxylation is 1. The van der Waals surface area contributed by atoms with E-state index in [2.05, 4.69) is 28.3 Å². The molecule has 1 spiro atoms. The van der Waals surface area contributed by atoms with Crippen LogP contribution in [-0.2, 0) is 13.6 Å². The molecule has 2 heterocycles. The van der Waals surface area contributed by atoms with Gasteiger partial charge in [-0.2, -0.15) is 5.10 Å². The van der Waals surface area contributed by atoms with E-state index in [0.717, 1.165) is 13.1 Å². The molecule has 0 amide bonds. The second-order valence-electron chi connectivity index (χ2n) is 6.10. The van der Waals surface area contributed by atoms with Crippen LogP contribution in [0.25, 0.3) is 0 Å². The summed E-state index contributed by atoms with van der Waals surface area (Å²) in [6, 6.07) is 2.74. The second-order valence-corrected chi connectivity index (χ2v) is 6.10. The molecule has 4 nitrogen and oxygen atoms in total. The summed E-state index contributed by atoms with van der Waals surface area (Å²) in [6.07, 6.45) is 7.50. The Morgan fingerprint density at radius 1 is 1.44 bits per heavy atom. The van der Waals surface area contributed by atoms with E-state index in [1.807, 2.05) is 17.9 Å². The van der Waals surface area contributed by atoms with E-state index in [0.29, 0.717) is 11.6 Å². The first-order chi connectivity index (χ1) is 8.67. The Bertz CT molecular complexity index is 406. The summed E-state index contributed by atoms with van der Waals surface area (Å²) in [4.78, 5) is 2.60. The van der Waals surface area contributed by atoms with Crippen LogP contribution in [0.4, 0.5) is 0 Å². The lowest BCUT2D eigenvalue weighted by Crippen LogP contribution is -2.62. The van der Waals surface area contributed by atoms with Crippen molar-refractivity contribution < 1.29 is 0 Å². The van der Waals surface area contributed by atoms with Crippen molar-refractivity contribution in [2.75, 3.05) is 13.1 Å². The summed E-state index contributed by atoms with van der Waals surface area (Å²) in [6.45, 7) is 5.61. The zero-order valence-corrected chi connectivity index (χ0v) is 11.5. The number of rotatable bonds is 2. The van der Waals surface area contributed by atoms with Crippen molar-refractivity contribution in [1.82, 2.24) is 20.0 Å². The van der Waals surface area contributed by atoms with Gasteiger partial charge in [-0.25, -0.2) is 0 Å². The van der Waals surface area contributed by atoms with E-state index in [-0.39, 0.29) is 0 Å². The van der Waals surface area contributed by atoms with Gasteiger partial charge < -0.3 is 5.32 Å². The van der Waals surface area contributed by atoms with Crippen LogP contribution >= 0.6 is 0 Å². The van der Waals surface area contributed by atoms with Crippen LogP contribution in [0.3, 0.4) is 0 Å². The normalized spacial score (nSPS) is 28.0. The van der Waals surface area contributed by atoms with Gasteiger partial charge in [0, 0.05) is 44.5 Å². The lowest BCUT2D eigenvalue weighted by Gasteiger charge is -2.45. The van der Waals surface area contributed by atoms with Crippen molar-refractivity contribution in [3.63, 3.8) is 0 Å². The van der Waals surface area contributed by atoms with E-state index in [9.17, 15) is 0 Å². The van der Waals surface area contributed by atoms with Crippen molar-refractivity contribution in [2.24, 2.45) is 7.05 Å². The molecule has 0 bridgehead atoms. The van der Waals surface area contributed by atoms with Crippen LogP contribution in [-0.4, -0.2) is 39.4 Å². The minimum Gasteiger partial charge on any atom is -0.308 e. The molecule has 1 unspecified atom stereocenters. The topological polar surface area (TPSA) is 33.1 Å². The largest absolute Gasteiger partial charge is 0.308 e. The van der Waals surface area contributed by atoms with Gasteiger partial charge in [-0.1, -0.05) is 12.8 Å². The molecule has 1 aromatic rings. The molecule has 4 heteroatoms. The Balaban J connectivity index is 1.69. The highest BCUT2D eigenvalue weighted by atomic mass is 15.3. The Kier molecular flexibility index (Phi) is 3.16. The van der Waals surface area contributed by atoms with Gasteiger partial charge in [-0.05, 0) is 25.8 Å². The Morgan fingerprint density at radius 2 is 2.22 bits per heavy atom. The van der Waals surface area contributed by atoms with Crippen LogP contribution in [0.2, 0.25) is 0 Å². The number of piperazine rings is 1. The third kappa shape index (κ3) is 2.31. The maximum atomic E-state index is 4.51. The molecular weight excluding hydrogens is 224 g/mol. The van der Waals surface area contributed by atoms with Crippen LogP contribution in [0, 0.1) is 0 Å². The number of hydrogen-bond donors (Lipinski definition) is 1. The molecule has 2 fully saturated rings. The number of nitrogens with one attached hydrogen (secondary N) is 1. The van der Waals surface area contributed by atoms with Gasteiger partial charge in [0.05, 0.1) is 5.69 Å². The minimum absolute atomic E-state index is 0.404. The van der Waals surface area contributed by atoms with Gasteiger partial charge in [-0.15, -0.1) is 0 Å². The molecule has 0 radical (unpaired) electrons. The highest BCUT2D eigenvalue weighted by Gasteiger charge is 2.39. The highest BCUT2D eigenvalue weighted by Crippen LogP contribution is 2.33. The summed E-state index contributed by atoms with van der Waals surface area (Å²) in [7, 11) is 1.99. The number of aromatic nitrogens is 2. The lowest BCUT2D eigenvalue weighted by molar-refractivity contribution is 0.0814. The predicted molar refractivity (Wildman–Crippen MR) is 72.3 cm³/mol. The molecular formula is C14H24N4. The number of nitrogens with zero attached hydrogens (tertiary/aromatic N) is 3. The third-order valence-electron chi connectivity index (χ3n) is 4.60. The van der Waals surface area contributed by atoms with Crippen LogP contribution in [0.15, 0.2) is 12.3 Å². The van der Waals surface area contributed by atoms with Crippen LogP contribution in [0.1, 0.15) is 38.3 Å². The average Bonchev–Trinajstić information content (AvgIpc) is 2.95. The molecule has 1 N–H and O–H groups in total. The van der Waals surface area contributed by atoms with Crippen molar-refractivity contribution in [3.8, 4) is 0 Å². The molecule has 1 aliphatic carbocycles. The summed E-state index contributed by atoms with van der Waals surface area (Å²) in [5.74, 6) is 0. The molecule has 1 saturated heterocycles. The standard InChI is InChI=1S/C14H24N4/c1-12-9-15-14(6-3-4-7-14)11-18(12)10-13-5-8-17(2)16-13/h5,8,12,15H,3-4,6-7,9-11H2,1-2H3. The van der Waals surface area contributed by atoms with E-state index in [1.54, 1.807) is 0 Å². The summed E-state index contributed by atoms with van der Waals surface area (Å²) >= 11 is 0.